The molecule has 3 aromatic carbocycles. The van der Waals surface area contributed by atoms with Crippen LogP contribution < -0.4 is 23.3 Å². The maximum atomic E-state index is 15.1. The minimum absolute atomic E-state index is 0. The van der Waals surface area contributed by atoms with E-state index in [-0.39, 0.29) is 58.0 Å². The van der Waals surface area contributed by atoms with Crippen molar-refractivity contribution in [1.29, 1.82) is 0 Å². The Hall–Kier alpha value is -3.95. The van der Waals surface area contributed by atoms with Crippen molar-refractivity contribution >= 4 is 52.5 Å². The zero-order valence-electron chi connectivity index (χ0n) is 29.2. The molecule has 0 aromatic heterocycles. The smallest absolute Gasteiger partial charge is 0.411 e. The molecule has 3 aromatic rings. The van der Waals surface area contributed by atoms with Gasteiger partial charge in [-0.05, 0) is 56.3 Å². The number of ether oxygens (including phenoxy) is 5. The lowest BCUT2D eigenvalue weighted by Gasteiger charge is -2.42. The van der Waals surface area contributed by atoms with Crippen LogP contribution in [0, 0.1) is 0 Å². The van der Waals surface area contributed by atoms with Crippen molar-refractivity contribution in [3.8, 4) is 23.0 Å². The quantitative estimate of drug-likeness (QED) is 0.308. The van der Waals surface area contributed by atoms with E-state index < -0.39 is 27.6 Å². The van der Waals surface area contributed by atoms with Crippen molar-refractivity contribution in [3.05, 3.63) is 71.8 Å². The molecular formula is C35H44Cl2N4O9S. The monoisotopic (exact) mass is 766 g/mol. The van der Waals surface area contributed by atoms with Gasteiger partial charge in [-0.25, -0.2) is 13.2 Å². The van der Waals surface area contributed by atoms with E-state index in [1.54, 1.807) is 35.2 Å². The lowest BCUT2D eigenvalue weighted by molar-refractivity contribution is -0.132. The summed E-state index contributed by atoms with van der Waals surface area (Å²) < 4.78 is 58.1. The number of likely N-dealkylation sites (tertiary alicyclic amines) is 1. The molecule has 0 radical (unpaired) electrons. The first-order chi connectivity index (χ1) is 23.6. The minimum Gasteiger partial charge on any atom is -0.497 e. The number of halogens is 2. The van der Waals surface area contributed by atoms with Gasteiger partial charge < -0.3 is 33.5 Å². The third-order valence-corrected chi connectivity index (χ3v) is 11.4. The molecule has 2 amide bonds. The second-order valence-corrected chi connectivity index (χ2v) is 14.0. The SMILES string of the molecule is COc1ccc(S(=O)(=O)N2C(=O)C(OC(=O)N3CCC(N4CCN(C)CC4)CC3)(c3ccccc3OC)c3cc(OC)ccc32)c(OC)c1.Cl.Cl. The first-order valence-corrected chi connectivity index (χ1v) is 17.6. The van der Waals surface area contributed by atoms with Gasteiger partial charge in [-0.2, -0.15) is 4.31 Å². The normalized spacial score (nSPS) is 19.7. The molecule has 13 nitrogen and oxygen atoms in total. The van der Waals surface area contributed by atoms with Gasteiger partial charge in [0.1, 0.15) is 27.9 Å². The van der Waals surface area contributed by atoms with E-state index in [0.29, 0.717) is 34.9 Å². The number of fused-ring (bicyclic) bond motifs is 1. The Labute approximate surface area is 311 Å². The van der Waals surface area contributed by atoms with E-state index in [1.165, 1.54) is 58.8 Å². The highest BCUT2D eigenvalue weighted by Crippen LogP contribution is 2.53. The van der Waals surface area contributed by atoms with Crippen LogP contribution in [-0.2, 0) is 25.2 Å². The highest BCUT2D eigenvalue weighted by Gasteiger charge is 2.61. The van der Waals surface area contributed by atoms with E-state index in [2.05, 4.69) is 16.8 Å². The maximum absolute atomic E-state index is 15.1. The van der Waals surface area contributed by atoms with Crippen LogP contribution in [-0.4, -0.2) is 116 Å². The molecule has 1 atom stereocenters. The molecule has 0 saturated carbocycles. The molecule has 2 saturated heterocycles. The Balaban J connectivity index is 0.00000292. The summed E-state index contributed by atoms with van der Waals surface area (Å²) in [6, 6.07) is 15.7. The third kappa shape index (κ3) is 7.12. The largest absolute Gasteiger partial charge is 0.497 e. The van der Waals surface area contributed by atoms with Crippen LogP contribution in [0.4, 0.5) is 10.5 Å². The molecule has 51 heavy (non-hydrogen) atoms. The van der Waals surface area contributed by atoms with E-state index in [4.69, 9.17) is 23.7 Å². The number of hydrogen-bond acceptors (Lipinski definition) is 11. The topological polar surface area (TPSA) is 127 Å². The van der Waals surface area contributed by atoms with Crippen LogP contribution in [0.15, 0.2) is 65.6 Å². The van der Waals surface area contributed by atoms with Gasteiger partial charge in [-0.1, -0.05) is 18.2 Å². The molecule has 6 rings (SSSR count). The summed E-state index contributed by atoms with van der Waals surface area (Å²) in [5.74, 6) is -0.123. The van der Waals surface area contributed by atoms with E-state index in [1.807, 2.05) is 0 Å². The summed E-state index contributed by atoms with van der Waals surface area (Å²) in [7, 11) is 3.11. The van der Waals surface area contributed by atoms with E-state index in [9.17, 15) is 13.2 Å². The average Bonchev–Trinajstić information content (AvgIpc) is 3.38. The van der Waals surface area contributed by atoms with Crippen molar-refractivity contribution in [2.45, 2.75) is 29.4 Å². The Morgan fingerprint density at radius 2 is 1.35 bits per heavy atom. The second kappa shape index (κ2) is 16.2. The van der Waals surface area contributed by atoms with Crippen molar-refractivity contribution in [1.82, 2.24) is 14.7 Å². The predicted octanol–water partition coefficient (Wildman–Crippen LogP) is 4.39. The summed E-state index contributed by atoms with van der Waals surface area (Å²) in [6.07, 6.45) is 0.749. The zero-order chi connectivity index (χ0) is 34.9. The number of para-hydroxylation sites is 1. The van der Waals surface area contributed by atoms with Gasteiger partial charge in [-0.3, -0.25) is 9.69 Å². The van der Waals surface area contributed by atoms with Crippen LogP contribution in [0.3, 0.4) is 0 Å². The van der Waals surface area contributed by atoms with Gasteiger partial charge in [0.2, 0.25) is 5.60 Å². The summed E-state index contributed by atoms with van der Waals surface area (Å²) in [4.78, 5) is 35.4. The molecule has 0 spiro atoms. The van der Waals surface area contributed by atoms with Gasteiger partial charge in [0.05, 0.1) is 39.7 Å². The molecule has 3 aliphatic rings. The molecule has 3 aliphatic heterocycles. The van der Waals surface area contributed by atoms with Crippen LogP contribution in [0.2, 0.25) is 0 Å². The predicted molar refractivity (Wildman–Crippen MR) is 196 cm³/mol. The van der Waals surface area contributed by atoms with Crippen LogP contribution in [0.1, 0.15) is 24.0 Å². The fourth-order valence-electron chi connectivity index (χ4n) is 6.94. The van der Waals surface area contributed by atoms with E-state index >= 15 is 4.79 Å². The summed E-state index contributed by atoms with van der Waals surface area (Å²) in [5.41, 5.74) is -1.99. The number of anilines is 1. The third-order valence-electron chi connectivity index (χ3n) is 9.68. The Morgan fingerprint density at radius 3 is 1.98 bits per heavy atom. The zero-order valence-corrected chi connectivity index (χ0v) is 31.6. The number of rotatable bonds is 9. The second-order valence-electron chi connectivity index (χ2n) is 12.3. The number of sulfonamides is 1. The van der Waals surface area contributed by atoms with Crippen molar-refractivity contribution < 1.29 is 41.7 Å². The number of amides is 2. The maximum Gasteiger partial charge on any atom is 0.411 e. The molecule has 1 unspecified atom stereocenters. The molecule has 0 N–H and O–H groups in total. The number of benzene rings is 3. The van der Waals surface area contributed by atoms with Crippen molar-refractivity contribution in [3.63, 3.8) is 0 Å². The van der Waals surface area contributed by atoms with Gasteiger partial charge in [-0.15, -0.1) is 24.8 Å². The highest BCUT2D eigenvalue weighted by atomic mass is 35.5. The Morgan fingerprint density at radius 1 is 0.745 bits per heavy atom. The fourth-order valence-corrected chi connectivity index (χ4v) is 8.54. The van der Waals surface area contributed by atoms with Crippen molar-refractivity contribution in [2.75, 3.05) is 79.1 Å². The summed E-state index contributed by atoms with van der Waals surface area (Å²) in [6.45, 7) is 4.77. The standard InChI is InChI=1S/C35H42N4O9S.2ClH/c1-36-18-20-37(21-19-36)24-14-16-38(17-15-24)34(41)48-35(27-8-6-7-9-30(27)46-4)28-22-25(44-2)10-12-29(28)39(33(35)40)49(42,43)32-13-11-26(45-3)23-31(32)47-5;;/h6-13,22-24H,14-21H2,1-5H3;2*1H. The first-order valence-electron chi connectivity index (χ1n) is 16.1. The average molecular weight is 768 g/mol. The number of methoxy groups -OCH3 is 4. The summed E-state index contributed by atoms with van der Waals surface area (Å²) >= 11 is 0. The summed E-state index contributed by atoms with van der Waals surface area (Å²) in [5, 5.41) is 0. The molecular weight excluding hydrogens is 723 g/mol. The molecule has 2 fully saturated rings. The minimum atomic E-state index is -4.66. The number of likely N-dealkylation sites (N-methyl/N-ethyl adjacent to an activating group) is 1. The van der Waals surface area contributed by atoms with Crippen LogP contribution in [0.5, 0.6) is 23.0 Å². The lowest BCUT2D eigenvalue weighted by Crippen LogP contribution is -2.54. The van der Waals surface area contributed by atoms with Crippen molar-refractivity contribution in [2.24, 2.45) is 0 Å². The lowest BCUT2D eigenvalue weighted by atomic mass is 9.86. The van der Waals surface area contributed by atoms with Gasteiger partial charge in [0.15, 0.2) is 0 Å². The van der Waals surface area contributed by atoms with Gasteiger partial charge in [0, 0.05) is 56.9 Å². The molecule has 0 aliphatic carbocycles. The Bertz CT molecular complexity index is 1830. The first kappa shape index (κ1) is 39.8. The highest BCUT2D eigenvalue weighted by molar-refractivity contribution is 7.93. The Kier molecular flexibility index (Phi) is 12.6. The molecule has 278 valence electrons. The van der Waals surface area contributed by atoms with Gasteiger partial charge >= 0.3 is 6.09 Å². The number of nitrogens with zero attached hydrogens (tertiary/aromatic N) is 4. The number of piperidine rings is 1. The number of hydrogen-bond donors (Lipinski definition) is 0. The number of carbonyl (C=O) groups is 2. The van der Waals surface area contributed by atoms with Gasteiger partial charge in [0.25, 0.3) is 15.9 Å². The fraction of sp³-hybridized carbons (Fsp3) is 0.429. The molecule has 16 heteroatoms. The van der Waals surface area contributed by atoms with Crippen LogP contribution in [0.25, 0.3) is 0 Å². The molecule has 3 heterocycles. The number of carbonyl (C=O) groups excluding carboxylic acids is 2. The molecule has 0 bridgehead atoms. The number of piperazine rings is 1. The van der Waals surface area contributed by atoms with Crippen LogP contribution >= 0.6 is 24.8 Å². The van der Waals surface area contributed by atoms with E-state index in [0.717, 1.165) is 39.0 Å².